The van der Waals surface area contributed by atoms with Crippen LogP contribution in [0.2, 0.25) is 0 Å². The van der Waals surface area contributed by atoms with Gasteiger partial charge in [-0.05, 0) is 66.8 Å². The van der Waals surface area contributed by atoms with Crippen LogP contribution >= 0.6 is 0 Å². The van der Waals surface area contributed by atoms with Gasteiger partial charge in [-0.15, -0.1) is 0 Å². The zero-order valence-corrected chi connectivity index (χ0v) is 19.1. The van der Waals surface area contributed by atoms with E-state index in [1.807, 2.05) is 6.92 Å². The van der Waals surface area contributed by atoms with Gasteiger partial charge >= 0.3 is 6.18 Å². The van der Waals surface area contributed by atoms with Crippen molar-refractivity contribution >= 4 is 21.4 Å². The summed E-state index contributed by atoms with van der Waals surface area (Å²) in [6, 6.07) is 17.5. The van der Waals surface area contributed by atoms with Crippen molar-refractivity contribution in [2.45, 2.75) is 36.4 Å². The highest BCUT2D eigenvalue weighted by molar-refractivity contribution is 7.92. The summed E-state index contributed by atoms with van der Waals surface area (Å²) in [5.74, 6) is 0.288. The third-order valence-corrected chi connectivity index (χ3v) is 7.90. The number of alkyl halides is 3. The molecule has 0 aromatic heterocycles. The third-order valence-electron chi connectivity index (χ3n) is 6.52. The molecule has 0 radical (unpaired) electrons. The lowest BCUT2D eigenvalue weighted by Gasteiger charge is -2.37. The zero-order chi connectivity index (χ0) is 24.1. The summed E-state index contributed by atoms with van der Waals surface area (Å²) in [5, 5.41) is 3.58. The summed E-state index contributed by atoms with van der Waals surface area (Å²) in [7, 11) is -4.08. The van der Waals surface area contributed by atoms with E-state index in [2.05, 4.69) is 46.5 Å². The van der Waals surface area contributed by atoms with Crippen LogP contribution in [0.25, 0.3) is 0 Å². The van der Waals surface area contributed by atoms with Gasteiger partial charge in [0.15, 0.2) is 0 Å². The van der Waals surface area contributed by atoms with E-state index in [0.717, 1.165) is 29.8 Å². The highest BCUT2D eigenvalue weighted by Crippen LogP contribution is 2.50. The minimum absolute atomic E-state index is 0.0123. The van der Waals surface area contributed by atoms with Crippen molar-refractivity contribution in [3.8, 4) is 0 Å². The van der Waals surface area contributed by atoms with Crippen LogP contribution < -0.4 is 10.0 Å². The summed E-state index contributed by atoms with van der Waals surface area (Å²) in [6.07, 6.45) is 0.545. The molecule has 0 amide bonds. The number of aryl methyl sites for hydroxylation is 1. The molecule has 4 nitrogen and oxygen atoms in total. The van der Waals surface area contributed by atoms with Crippen molar-refractivity contribution in [1.29, 1.82) is 0 Å². The Bertz CT molecular complexity index is 1370. The van der Waals surface area contributed by atoms with E-state index in [-0.39, 0.29) is 28.5 Å². The first-order chi connectivity index (χ1) is 16.1. The molecule has 0 saturated heterocycles. The molecular weight excluding hydrogens is 461 g/mol. The maximum Gasteiger partial charge on any atom is 0.416 e. The van der Waals surface area contributed by atoms with Crippen LogP contribution in [0.5, 0.6) is 0 Å². The van der Waals surface area contributed by atoms with Gasteiger partial charge in [0.05, 0.1) is 16.5 Å². The molecule has 0 unspecified atom stereocenters. The smallest absolute Gasteiger partial charge is 0.378 e. The normalized spacial score (nSPS) is 21.5. The molecule has 0 bridgehead atoms. The van der Waals surface area contributed by atoms with Crippen LogP contribution in [0.1, 0.15) is 40.6 Å². The average molecular weight is 485 g/mol. The summed E-state index contributed by atoms with van der Waals surface area (Å²) >= 11 is 0. The number of anilines is 2. The standard InChI is InChI=1S/C26H23F3N2O2S/c1-16-8-10-17(11-9-16)25-22-7-3-6-21(22)23-15-20(12-13-24(23)30-25)34(32,33)31-19-5-2-4-18(14-19)26(27,28)29/h2-6,8-15,21-22,25,30-31H,7H2,1H3/t21-,22+,25+/m0/s1. The van der Waals surface area contributed by atoms with Crippen molar-refractivity contribution in [2.75, 3.05) is 10.0 Å². The van der Waals surface area contributed by atoms with Gasteiger partial charge in [-0.1, -0.05) is 48.0 Å². The number of fused-ring (bicyclic) bond motifs is 3. The van der Waals surface area contributed by atoms with Gasteiger partial charge in [0.25, 0.3) is 10.0 Å². The first-order valence-corrected chi connectivity index (χ1v) is 12.4. The molecule has 5 rings (SSSR count). The van der Waals surface area contributed by atoms with Crippen LogP contribution in [0.15, 0.2) is 83.8 Å². The van der Waals surface area contributed by atoms with E-state index in [4.69, 9.17) is 0 Å². The summed E-state index contributed by atoms with van der Waals surface area (Å²) < 4.78 is 67.4. The lowest BCUT2D eigenvalue weighted by molar-refractivity contribution is -0.137. The first-order valence-electron chi connectivity index (χ1n) is 11.0. The second-order valence-corrected chi connectivity index (χ2v) is 10.5. The molecule has 8 heteroatoms. The summed E-state index contributed by atoms with van der Waals surface area (Å²) in [4.78, 5) is 0.0123. The molecule has 1 aliphatic heterocycles. The van der Waals surface area contributed by atoms with E-state index in [1.54, 1.807) is 12.1 Å². The van der Waals surface area contributed by atoms with Crippen molar-refractivity contribution in [3.05, 3.63) is 101 Å². The molecule has 1 aliphatic carbocycles. The van der Waals surface area contributed by atoms with Gasteiger partial charge in [0.2, 0.25) is 0 Å². The predicted octanol–water partition coefficient (Wildman–Crippen LogP) is 6.64. The molecule has 2 N–H and O–H groups in total. The topological polar surface area (TPSA) is 58.2 Å². The van der Waals surface area contributed by atoms with Crippen molar-refractivity contribution in [2.24, 2.45) is 5.92 Å². The molecule has 1 heterocycles. The van der Waals surface area contributed by atoms with Gasteiger partial charge in [0.1, 0.15) is 0 Å². The fourth-order valence-corrected chi connectivity index (χ4v) is 5.90. The van der Waals surface area contributed by atoms with Crippen molar-refractivity contribution in [1.82, 2.24) is 0 Å². The summed E-state index contributed by atoms with van der Waals surface area (Å²) in [6.45, 7) is 2.04. The van der Waals surface area contributed by atoms with Crippen LogP contribution in [0.4, 0.5) is 24.5 Å². The molecule has 0 spiro atoms. The van der Waals surface area contributed by atoms with Crippen LogP contribution in [0.3, 0.4) is 0 Å². The fourth-order valence-electron chi connectivity index (χ4n) is 4.82. The van der Waals surface area contributed by atoms with Crippen molar-refractivity contribution in [3.63, 3.8) is 0 Å². The Morgan fingerprint density at radius 2 is 1.76 bits per heavy atom. The number of nitrogens with one attached hydrogen (secondary N) is 2. The monoisotopic (exact) mass is 484 g/mol. The Hall–Kier alpha value is -3.26. The first kappa shape index (κ1) is 22.5. The van der Waals surface area contributed by atoms with E-state index in [1.165, 1.54) is 29.3 Å². The minimum atomic E-state index is -4.56. The molecule has 2 aliphatic rings. The number of hydrogen-bond donors (Lipinski definition) is 2. The Morgan fingerprint density at radius 1 is 1.00 bits per heavy atom. The van der Waals surface area contributed by atoms with Gasteiger partial charge in [-0.3, -0.25) is 4.72 Å². The minimum Gasteiger partial charge on any atom is -0.378 e. The van der Waals surface area contributed by atoms with Gasteiger partial charge in [-0.2, -0.15) is 13.2 Å². The Balaban J connectivity index is 1.46. The number of sulfonamides is 1. The fraction of sp³-hybridized carbons (Fsp3) is 0.231. The lowest BCUT2D eigenvalue weighted by atomic mass is 9.77. The average Bonchev–Trinajstić information content (AvgIpc) is 3.28. The summed E-state index contributed by atoms with van der Waals surface area (Å²) in [5.41, 5.74) is 3.04. The van der Waals surface area contributed by atoms with Crippen LogP contribution in [-0.4, -0.2) is 8.42 Å². The van der Waals surface area contributed by atoms with Gasteiger partial charge < -0.3 is 5.32 Å². The molecular formula is C26H23F3N2O2S. The molecule has 0 fully saturated rings. The molecule has 176 valence electrons. The van der Waals surface area contributed by atoms with E-state index < -0.39 is 21.8 Å². The molecule has 34 heavy (non-hydrogen) atoms. The number of rotatable bonds is 4. The third kappa shape index (κ3) is 4.18. The van der Waals surface area contributed by atoms with Gasteiger partial charge in [0, 0.05) is 17.3 Å². The Kier molecular flexibility index (Phi) is 5.43. The van der Waals surface area contributed by atoms with Gasteiger partial charge in [-0.25, -0.2) is 8.42 Å². The number of benzene rings is 3. The Labute approximate surface area is 196 Å². The number of allylic oxidation sites excluding steroid dienone is 2. The molecule has 0 saturated carbocycles. The number of hydrogen-bond acceptors (Lipinski definition) is 3. The van der Waals surface area contributed by atoms with Crippen LogP contribution in [0, 0.1) is 12.8 Å². The quantitative estimate of drug-likeness (QED) is 0.408. The lowest BCUT2D eigenvalue weighted by Crippen LogP contribution is -2.29. The Morgan fingerprint density at radius 3 is 2.50 bits per heavy atom. The number of halogens is 3. The van der Waals surface area contributed by atoms with E-state index >= 15 is 0 Å². The van der Waals surface area contributed by atoms with E-state index in [0.29, 0.717) is 0 Å². The van der Waals surface area contributed by atoms with Crippen molar-refractivity contribution < 1.29 is 21.6 Å². The maximum absolute atomic E-state index is 13.0. The van der Waals surface area contributed by atoms with Crippen LogP contribution in [-0.2, 0) is 16.2 Å². The maximum atomic E-state index is 13.0. The zero-order valence-electron chi connectivity index (χ0n) is 18.3. The van der Waals surface area contributed by atoms with E-state index in [9.17, 15) is 21.6 Å². The molecule has 3 atom stereocenters. The second kappa shape index (κ2) is 8.20. The molecule has 3 aromatic rings. The molecule has 3 aromatic carbocycles. The SMILES string of the molecule is Cc1ccc([C@H]2Nc3ccc(S(=O)(=O)Nc4cccc(C(F)(F)F)c4)cc3[C@H]3C=CC[C@H]32)cc1. The largest absolute Gasteiger partial charge is 0.416 e. The highest BCUT2D eigenvalue weighted by atomic mass is 32.2. The second-order valence-electron chi connectivity index (χ2n) is 8.82. The predicted molar refractivity (Wildman–Crippen MR) is 126 cm³/mol. The highest BCUT2D eigenvalue weighted by Gasteiger charge is 2.38.